The lowest BCUT2D eigenvalue weighted by Gasteiger charge is -2.22. The highest BCUT2D eigenvalue weighted by molar-refractivity contribution is 14.0. The standard InChI is InChI=1S/C16H23BrN4O.HI/c1-3-18-16(19-10-15(22)20-14-8-9-14)21(2)11-12-4-6-13(17)7-5-12;/h4-7,14H,3,8-11H2,1-2H3,(H,18,19)(H,20,22);1H. The van der Waals surface area contributed by atoms with Crippen LogP contribution in [-0.4, -0.2) is 42.9 Å². The molecule has 1 aliphatic carbocycles. The summed E-state index contributed by atoms with van der Waals surface area (Å²) in [6.45, 7) is 3.70. The zero-order chi connectivity index (χ0) is 15.9. The quantitative estimate of drug-likeness (QED) is 0.363. The Morgan fingerprint density at radius 2 is 2.00 bits per heavy atom. The highest BCUT2D eigenvalue weighted by Crippen LogP contribution is 2.18. The van der Waals surface area contributed by atoms with Crippen LogP contribution in [0.5, 0.6) is 0 Å². The first-order valence-electron chi connectivity index (χ1n) is 7.61. The smallest absolute Gasteiger partial charge is 0.242 e. The fraction of sp³-hybridized carbons (Fsp3) is 0.500. The summed E-state index contributed by atoms with van der Waals surface area (Å²) in [5.41, 5.74) is 1.19. The molecule has 7 heteroatoms. The van der Waals surface area contributed by atoms with E-state index in [-0.39, 0.29) is 36.4 Å². The molecule has 0 bridgehead atoms. The van der Waals surface area contributed by atoms with Gasteiger partial charge in [0.05, 0.1) is 0 Å². The molecule has 1 aromatic carbocycles. The number of hydrogen-bond donors (Lipinski definition) is 2. The van der Waals surface area contributed by atoms with Gasteiger partial charge in [-0.05, 0) is 37.5 Å². The molecule has 0 radical (unpaired) electrons. The van der Waals surface area contributed by atoms with Crippen molar-refractivity contribution < 1.29 is 4.79 Å². The Morgan fingerprint density at radius 1 is 1.35 bits per heavy atom. The molecule has 128 valence electrons. The van der Waals surface area contributed by atoms with E-state index in [1.54, 1.807) is 0 Å². The number of guanidine groups is 1. The van der Waals surface area contributed by atoms with Crippen LogP contribution in [0.4, 0.5) is 0 Å². The van der Waals surface area contributed by atoms with E-state index in [1.165, 1.54) is 5.56 Å². The van der Waals surface area contributed by atoms with Crippen LogP contribution in [0.3, 0.4) is 0 Å². The summed E-state index contributed by atoms with van der Waals surface area (Å²) in [6.07, 6.45) is 2.19. The Bertz CT molecular complexity index is 531. The van der Waals surface area contributed by atoms with Crippen molar-refractivity contribution >= 4 is 51.8 Å². The van der Waals surface area contributed by atoms with E-state index in [4.69, 9.17) is 0 Å². The maximum atomic E-state index is 11.8. The average Bonchev–Trinajstić information content (AvgIpc) is 3.29. The summed E-state index contributed by atoms with van der Waals surface area (Å²) < 4.78 is 1.07. The van der Waals surface area contributed by atoms with E-state index in [2.05, 4.69) is 43.7 Å². The van der Waals surface area contributed by atoms with E-state index in [0.717, 1.165) is 36.4 Å². The number of carbonyl (C=O) groups excluding carboxylic acids is 1. The van der Waals surface area contributed by atoms with Gasteiger partial charge in [0.1, 0.15) is 6.54 Å². The number of halogens is 2. The minimum Gasteiger partial charge on any atom is -0.357 e. The molecule has 1 amide bonds. The molecule has 0 aromatic heterocycles. The van der Waals surface area contributed by atoms with Gasteiger partial charge in [0.15, 0.2) is 5.96 Å². The lowest BCUT2D eigenvalue weighted by molar-refractivity contribution is -0.119. The molecule has 0 heterocycles. The third-order valence-corrected chi connectivity index (χ3v) is 3.87. The van der Waals surface area contributed by atoms with Crippen LogP contribution in [0.1, 0.15) is 25.3 Å². The molecule has 5 nitrogen and oxygen atoms in total. The highest BCUT2D eigenvalue weighted by atomic mass is 127. The zero-order valence-electron chi connectivity index (χ0n) is 13.5. The number of benzene rings is 1. The maximum Gasteiger partial charge on any atom is 0.242 e. The van der Waals surface area contributed by atoms with Gasteiger partial charge in [0, 0.05) is 30.7 Å². The normalized spacial score (nSPS) is 14.0. The van der Waals surface area contributed by atoms with Gasteiger partial charge in [-0.2, -0.15) is 0 Å². The number of carbonyl (C=O) groups is 1. The van der Waals surface area contributed by atoms with E-state index in [1.807, 2.05) is 31.0 Å². The Kier molecular flexibility index (Phi) is 8.90. The summed E-state index contributed by atoms with van der Waals surface area (Å²) in [7, 11) is 1.97. The van der Waals surface area contributed by atoms with Gasteiger partial charge in [-0.15, -0.1) is 24.0 Å². The van der Waals surface area contributed by atoms with Crippen LogP contribution in [0, 0.1) is 0 Å². The SMILES string of the molecule is CCNC(=NCC(=O)NC1CC1)N(C)Cc1ccc(Br)cc1.I. The zero-order valence-corrected chi connectivity index (χ0v) is 17.4. The predicted molar refractivity (Wildman–Crippen MR) is 108 cm³/mol. The molecular formula is C16H24BrIN4O. The molecule has 0 atom stereocenters. The lowest BCUT2D eigenvalue weighted by Crippen LogP contribution is -2.39. The molecule has 0 aliphatic heterocycles. The van der Waals surface area contributed by atoms with Crippen molar-refractivity contribution in [2.24, 2.45) is 4.99 Å². The van der Waals surface area contributed by atoms with Crippen LogP contribution in [0.2, 0.25) is 0 Å². The van der Waals surface area contributed by atoms with Crippen LogP contribution in [-0.2, 0) is 11.3 Å². The molecule has 1 saturated carbocycles. The molecule has 0 saturated heterocycles. The Balaban J connectivity index is 0.00000264. The molecule has 0 spiro atoms. The second kappa shape index (κ2) is 10.1. The van der Waals surface area contributed by atoms with Crippen molar-refractivity contribution in [2.75, 3.05) is 20.1 Å². The number of amides is 1. The molecule has 2 N–H and O–H groups in total. The Labute approximate surface area is 163 Å². The van der Waals surface area contributed by atoms with Crippen LogP contribution in [0.25, 0.3) is 0 Å². The lowest BCUT2D eigenvalue weighted by atomic mass is 10.2. The second-order valence-corrected chi connectivity index (χ2v) is 6.41. The molecule has 23 heavy (non-hydrogen) atoms. The number of hydrogen-bond acceptors (Lipinski definition) is 2. The van der Waals surface area contributed by atoms with Crippen LogP contribution < -0.4 is 10.6 Å². The van der Waals surface area contributed by atoms with Gasteiger partial charge >= 0.3 is 0 Å². The average molecular weight is 495 g/mol. The molecule has 2 rings (SSSR count). The molecule has 1 aromatic rings. The number of rotatable bonds is 6. The first-order chi connectivity index (χ1) is 10.6. The van der Waals surface area contributed by atoms with Gasteiger partial charge in [0.25, 0.3) is 0 Å². The summed E-state index contributed by atoms with van der Waals surface area (Å²) in [4.78, 5) is 18.2. The van der Waals surface area contributed by atoms with E-state index >= 15 is 0 Å². The minimum atomic E-state index is -0.00468. The monoisotopic (exact) mass is 494 g/mol. The van der Waals surface area contributed by atoms with Gasteiger partial charge in [-0.3, -0.25) is 4.79 Å². The molecule has 1 aliphatic rings. The number of aliphatic imine (C=N–C) groups is 1. The predicted octanol–water partition coefficient (Wildman–Crippen LogP) is 2.74. The Morgan fingerprint density at radius 3 is 2.57 bits per heavy atom. The van der Waals surface area contributed by atoms with Crippen LogP contribution >= 0.6 is 39.9 Å². The van der Waals surface area contributed by atoms with Crippen molar-refractivity contribution in [3.8, 4) is 0 Å². The third kappa shape index (κ3) is 7.52. The van der Waals surface area contributed by atoms with Crippen LogP contribution in [0.15, 0.2) is 33.7 Å². The Hall–Kier alpha value is -0.830. The third-order valence-electron chi connectivity index (χ3n) is 3.34. The highest BCUT2D eigenvalue weighted by Gasteiger charge is 2.22. The second-order valence-electron chi connectivity index (χ2n) is 5.49. The molecule has 0 unspecified atom stereocenters. The van der Waals surface area contributed by atoms with E-state index in [0.29, 0.717) is 6.04 Å². The fourth-order valence-electron chi connectivity index (χ4n) is 2.06. The minimum absolute atomic E-state index is 0. The number of nitrogens with one attached hydrogen (secondary N) is 2. The first kappa shape index (κ1) is 20.2. The van der Waals surface area contributed by atoms with Gasteiger partial charge in [-0.1, -0.05) is 28.1 Å². The van der Waals surface area contributed by atoms with Gasteiger partial charge in [-0.25, -0.2) is 4.99 Å². The summed E-state index contributed by atoms with van der Waals surface area (Å²) >= 11 is 3.44. The van der Waals surface area contributed by atoms with Crippen molar-refractivity contribution in [3.63, 3.8) is 0 Å². The summed E-state index contributed by atoms with van der Waals surface area (Å²) in [5, 5.41) is 6.17. The van der Waals surface area contributed by atoms with Crippen molar-refractivity contribution in [2.45, 2.75) is 32.4 Å². The summed E-state index contributed by atoms with van der Waals surface area (Å²) in [6, 6.07) is 8.58. The van der Waals surface area contributed by atoms with Gasteiger partial charge < -0.3 is 15.5 Å². The van der Waals surface area contributed by atoms with E-state index < -0.39 is 0 Å². The van der Waals surface area contributed by atoms with Gasteiger partial charge in [0.2, 0.25) is 5.91 Å². The first-order valence-corrected chi connectivity index (χ1v) is 8.41. The maximum absolute atomic E-state index is 11.8. The van der Waals surface area contributed by atoms with Crippen molar-refractivity contribution in [1.82, 2.24) is 15.5 Å². The van der Waals surface area contributed by atoms with Crippen molar-refractivity contribution in [3.05, 3.63) is 34.3 Å². The summed E-state index contributed by atoms with van der Waals surface area (Å²) in [5.74, 6) is 0.742. The van der Waals surface area contributed by atoms with E-state index in [9.17, 15) is 4.79 Å². The molecule has 1 fully saturated rings. The largest absolute Gasteiger partial charge is 0.357 e. The van der Waals surface area contributed by atoms with Crippen molar-refractivity contribution in [1.29, 1.82) is 0 Å². The topological polar surface area (TPSA) is 56.7 Å². The number of nitrogens with zero attached hydrogens (tertiary/aromatic N) is 2. The fourth-order valence-corrected chi connectivity index (χ4v) is 2.32. The molecular weight excluding hydrogens is 471 g/mol.